The standard InChI is InChI=1S/C17H19N3O/c1-12-10-18-8-7-13(12)11-19-15-9-17(21)20(2)16-6-4-3-5-14(15)16/h3-8,10,15,19H,9,11H2,1-2H3. The maximum absolute atomic E-state index is 12.1. The SMILES string of the molecule is Cc1cnccc1CNC1CC(=O)N(C)c2ccccc21. The average molecular weight is 281 g/mol. The lowest BCUT2D eigenvalue weighted by atomic mass is 9.96. The van der Waals surface area contributed by atoms with Crippen molar-refractivity contribution in [2.24, 2.45) is 0 Å². The second-order valence-electron chi connectivity index (χ2n) is 5.45. The van der Waals surface area contributed by atoms with Crippen LogP contribution in [-0.2, 0) is 11.3 Å². The number of carbonyl (C=O) groups is 1. The zero-order valence-electron chi connectivity index (χ0n) is 12.3. The fourth-order valence-electron chi connectivity index (χ4n) is 2.76. The van der Waals surface area contributed by atoms with Gasteiger partial charge in [0.15, 0.2) is 0 Å². The van der Waals surface area contributed by atoms with E-state index in [1.54, 1.807) is 11.1 Å². The highest BCUT2D eigenvalue weighted by Gasteiger charge is 2.28. The predicted octanol–water partition coefficient (Wildman–Crippen LogP) is 2.59. The summed E-state index contributed by atoms with van der Waals surface area (Å²) in [5.74, 6) is 0.151. The number of nitrogens with one attached hydrogen (secondary N) is 1. The van der Waals surface area contributed by atoms with Crippen LogP contribution >= 0.6 is 0 Å². The van der Waals surface area contributed by atoms with Gasteiger partial charge in [-0.2, -0.15) is 0 Å². The Labute approximate surface area is 124 Å². The minimum Gasteiger partial charge on any atom is -0.315 e. The van der Waals surface area contributed by atoms with Crippen molar-refractivity contribution in [3.8, 4) is 0 Å². The van der Waals surface area contributed by atoms with Gasteiger partial charge in [0.2, 0.25) is 5.91 Å². The molecule has 0 saturated carbocycles. The smallest absolute Gasteiger partial charge is 0.228 e. The summed E-state index contributed by atoms with van der Waals surface area (Å²) in [4.78, 5) is 18.0. The molecule has 1 aromatic carbocycles. The molecule has 4 nitrogen and oxygen atoms in total. The Morgan fingerprint density at radius 3 is 2.95 bits per heavy atom. The number of aromatic nitrogens is 1. The van der Waals surface area contributed by atoms with Crippen LogP contribution in [0.2, 0.25) is 0 Å². The van der Waals surface area contributed by atoms with Gasteiger partial charge in [0.1, 0.15) is 0 Å². The van der Waals surface area contributed by atoms with E-state index < -0.39 is 0 Å². The van der Waals surface area contributed by atoms with E-state index in [4.69, 9.17) is 0 Å². The van der Waals surface area contributed by atoms with Crippen LogP contribution < -0.4 is 10.2 Å². The van der Waals surface area contributed by atoms with E-state index in [0.29, 0.717) is 6.42 Å². The van der Waals surface area contributed by atoms with Crippen molar-refractivity contribution in [2.45, 2.75) is 25.9 Å². The van der Waals surface area contributed by atoms with Gasteiger partial charge in [-0.25, -0.2) is 0 Å². The Kier molecular flexibility index (Phi) is 3.71. The molecule has 1 aliphatic rings. The maximum atomic E-state index is 12.1. The van der Waals surface area contributed by atoms with Gasteiger partial charge in [0.25, 0.3) is 0 Å². The molecule has 0 radical (unpaired) electrons. The Balaban J connectivity index is 1.82. The number of rotatable bonds is 3. The highest BCUT2D eigenvalue weighted by molar-refractivity contribution is 5.96. The first-order valence-electron chi connectivity index (χ1n) is 7.15. The van der Waals surface area contributed by atoms with E-state index in [9.17, 15) is 4.79 Å². The van der Waals surface area contributed by atoms with Crippen molar-refractivity contribution < 1.29 is 4.79 Å². The number of hydrogen-bond acceptors (Lipinski definition) is 3. The number of carbonyl (C=O) groups excluding carboxylic acids is 1. The third-order valence-electron chi connectivity index (χ3n) is 4.10. The van der Waals surface area contributed by atoms with E-state index >= 15 is 0 Å². The molecule has 1 atom stereocenters. The second kappa shape index (κ2) is 5.66. The van der Waals surface area contributed by atoms with E-state index in [1.807, 2.05) is 37.5 Å². The highest BCUT2D eigenvalue weighted by Crippen LogP contribution is 2.33. The molecule has 0 spiro atoms. The summed E-state index contributed by atoms with van der Waals surface area (Å²) in [7, 11) is 1.84. The van der Waals surface area contributed by atoms with Crippen LogP contribution in [0.1, 0.15) is 29.2 Å². The minimum atomic E-state index is 0.0671. The zero-order chi connectivity index (χ0) is 14.8. The molecular formula is C17H19N3O. The number of aryl methyl sites for hydroxylation is 1. The second-order valence-corrected chi connectivity index (χ2v) is 5.45. The van der Waals surface area contributed by atoms with Crippen molar-refractivity contribution in [3.05, 3.63) is 59.4 Å². The number of hydrogen-bond donors (Lipinski definition) is 1. The summed E-state index contributed by atoms with van der Waals surface area (Å²) in [6.07, 6.45) is 4.17. The van der Waals surface area contributed by atoms with Gasteiger partial charge in [-0.05, 0) is 35.7 Å². The van der Waals surface area contributed by atoms with Crippen molar-refractivity contribution in [1.82, 2.24) is 10.3 Å². The first-order valence-corrected chi connectivity index (χ1v) is 7.15. The lowest BCUT2D eigenvalue weighted by Gasteiger charge is -2.32. The van der Waals surface area contributed by atoms with Gasteiger partial charge in [0, 0.05) is 44.1 Å². The van der Waals surface area contributed by atoms with Crippen molar-refractivity contribution >= 4 is 11.6 Å². The number of anilines is 1. The lowest BCUT2D eigenvalue weighted by molar-refractivity contribution is -0.119. The van der Waals surface area contributed by atoms with Crippen molar-refractivity contribution in [1.29, 1.82) is 0 Å². The molecule has 0 bridgehead atoms. The Hall–Kier alpha value is -2.20. The number of nitrogens with zero attached hydrogens (tertiary/aromatic N) is 2. The molecular weight excluding hydrogens is 262 g/mol. The van der Waals surface area contributed by atoms with Gasteiger partial charge in [-0.3, -0.25) is 9.78 Å². The monoisotopic (exact) mass is 281 g/mol. The summed E-state index contributed by atoms with van der Waals surface area (Å²) < 4.78 is 0. The third-order valence-corrected chi connectivity index (χ3v) is 4.10. The Morgan fingerprint density at radius 2 is 2.14 bits per heavy atom. The molecule has 1 N–H and O–H groups in total. The number of pyridine rings is 1. The van der Waals surface area contributed by atoms with E-state index in [2.05, 4.69) is 23.3 Å². The summed E-state index contributed by atoms with van der Waals surface area (Å²) in [6.45, 7) is 2.79. The van der Waals surface area contributed by atoms with Crippen LogP contribution in [0.25, 0.3) is 0 Å². The zero-order valence-corrected chi connectivity index (χ0v) is 12.3. The summed E-state index contributed by atoms with van der Waals surface area (Å²) in [5.41, 5.74) is 4.57. The van der Waals surface area contributed by atoms with Crippen LogP contribution in [0.5, 0.6) is 0 Å². The number of amides is 1. The lowest BCUT2D eigenvalue weighted by Crippen LogP contribution is -2.37. The molecule has 0 aliphatic carbocycles. The largest absolute Gasteiger partial charge is 0.315 e. The molecule has 0 fully saturated rings. The fourth-order valence-corrected chi connectivity index (χ4v) is 2.76. The summed E-state index contributed by atoms with van der Waals surface area (Å²) in [6, 6.07) is 10.2. The first kappa shape index (κ1) is 13.8. The van der Waals surface area contributed by atoms with E-state index in [-0.39, 0.29) is 11.9 Å². The van der Waals surface area contributed by atoms with Gasteiger partial charge in [-0.1, -0.05) is 18.2 Å². The quantitative estimate of drug-likeness (QED) is 0.940. The van der Waals surface area contributed by atoms with Crippen molar-refractivity contribution in [3.63, 3.8) is 0 Å². The molecule has 21 heavy (non-hydrogen) atoms. The van der Waals surface area contributed by atoms with E-state index in [0.717, 1.165) is 17.8 Å². The van der Waals surface area contributed by atoms with Crippen LogP contribution in [0.15, 0.2) is 42.7 Å². The van der Waals surface area contributed by atoms with Crippen LogP contribution in [0, 0.1) is 6.92 Å². The molecule has 4 heteroatoms. The molecule has 1 amide bonds. The van der Waals surface area contributed by atoms with E-state index in [1.165, 1.54) is 11.1 Å². The number of benzene rings is 1. The van der Waals surface area contributed by atoms with Crippen LogP contribution in [-0.4, -0.2) is 17.9 Å². The summed E-state index contributed by atoms with van der Waals surface area (Å²) in [5, 5.41) is 3.51. The van der Waals surface area contributed by atoms with Gasteiger partial charge >= 0.3 is 0 Å². The Bertz CT molecular complexity index is 669. The molecule has 2 aromatic rings. The third kappa shape index (κ3) is 2.67. The maximum Gasteiger partial charge on any atom is 0.228 e. The molecule has 1 aliphatic heterocycles. The molecule has 108 valence electrons. The first-order chi connectivity index (χ1) is 10.2. The van der Waals surface area contributed by atoms with Crippen LogP contribution in [0.3, 0.4) is 0 Å². The number of fused-ring (bicyclic) bond motifs is 1. The van der Waals surface area contributed by atoms with Crippen molar-refractivity contribution in [2.75, 3.05) is 11.9 Å². The molecule has 3 rings (SSSR count). The molecule has 2 heterocycles. The normalized spacial score (nSPS) is 17.7. The van der Waals surface area contributed by atoms with Gasteiger partial charge < -0.3 is 10.2 Å². The van der Waals surface area contributed by atoms with Crippen LogP contribution in [0.4, 0.5) is 5.69 Å². The summed E-state index contributed by atoms with van der Waals surface area (Å²) >= 11 is 0. The fraction of sp³-hybridized carbons (Fsp3) is 0.294. The van der Waals surface area contributed by atoms with Gasteiger partial charge in [0.05, 0.1) is 0 Å². The Morgan fingerprint density at radius 1 is 1.33 bits per heavy atom. The topological polar surface area (TPSA) is 45.2 Å². The van der Waals surface area contributed by atoms with Gasteiger partial charge in [-0.15, -0.1) is 0 Å². The number of para-hydroxylation sites is 1. The minimum absolute atomic E-state index is 0.0671. The molecule has 1 aromatic heterocycles. The highest BCUT2D eigenvalue weighted by atomic mass is 16.2. The predicted molar refractivity (Wildman–Crippen MR) is 83.0 cm³/mol. The molecule has 0 saturated heterocycles. The molecule has 1 unspecified atom stereocenters. The average Bonchev–Trinajstić information content (AvgIpc) is 2.51.